The summed E-state index contributed by atoms with van der Waals surface area (Å²) in [5.41, 5.74) is 0. The number of hydrogen-bond acceptors (Lipinski definition) is 3. The molecule has 0 spiro atoms. The lowest BCUT2D eigenvalue weighted by molar-refractivity contribution is -0.125. The first-order valence-electron chi connectivity index (χ1n) is 7.37. The number of ether oxygens (including phenoxy) is 1. The molecule has 4 nitrogen and oxygen atoms in total. The summed E-state index contributed by atoms with van der Waals surface area (Å²) >= 11 is 0. The molecule has 1 amide bonds. The molecule has 2 fully saturated rings. The van der Waals surface area contributed by atoms with E-state index >= 15 is 0 Å². The summed E-state index contributed by atoms with van der Waals surface area (Å²) in [5.74, 6) is 0.910. The predicted octanol–water partition coefficient (Wildman–Crippen LogP) is 1.31. The van der Waals surface area contributed by atoms with Gasteiger partial charge >= 0.3 is 0 Å². The Labute approximate surface area is 110 Å². The van der Waals surface area contributed by atoms with Crippen molar-refractivity contribution < 1.29 is 9.53 Å². The lowest BCUT2D eigenvalue weighted by Crippen LogP contribution is -2.45. The van der Waals surface area contributed by atoms with E-state index < -0.39 is 0 Å². The SMILES string of the molecule is CCCNC1COCC1C(=O)NC1CC1CCC. The Balaban J connectivity index is 1.74. The third-order valence-corrected chi connectivity index (χ3v) is 3.98. The van der Waals surface area contributed by atoms with Crippen LogP contribution in [0.25, 0.3) is 0 Å². The number of amides is 1. The number of carbonyl (C=O) groups is 1. The highest BCUT2D eigenvalue weighted by atomic mass is 16.5. The Bertz CT molecular complexity index is 283. The molecule has 1 saturated heterocycles. The summed E-state index contributed by atoms with van der Waals surface area (Å²) in [6.45, 7) is 6.53. The van der Waals surface area contributed by atoms with Crippen LogP contribution in [0.2, 0.25) is 0 Å². The van der Waals surface area contributed by atoms with Crippen LogP contribution in [0.15, 0.2) is 0 Å². The van der Waals surface area contributed by atoms with Crippen molar-refractivity contribution in [2.45, 2.75) is 51.6 Å². The fourth-order valence-electron chi connectivity index (χ4n) is 2.75. The monoisotopic (exact) mass is 254 g/mol. The maximum Gasteiger partial charge on any atom is 0.227 e. The first-order chi connectivity index (χ1) is 8.76. The Kier molecular flexibility index (Phi) is 5.01. The van der Waals surface area contributed by atoms with E-state index in [0.29, 0.717) is 19.3 Å². The number of carbonyl (C=O) groups excluding carboxylic acids is 1. The van der Waals surface area contributed by atoms with Gasteiger partial charge in [0.15, 0.2) is 0 Å². The molecular formula is C14H26N2O2. The number of rotatable bonds is 7. The average molecular weight is 254 g/mol. The summed E-state index contributed by atoms with van der Waals surface area (Å²) < 4.78 is 5.44. The van der Waals surface area contributed by atoms with E-state index in [1.54, 1.807) is 0 Å². The maximum atomic E-state index is 12.2. The molecule has 1 aliphatic carbocycles. The Hall–Kier alpha value is -0.610. The van der Waals surface area contributed by atoms with Gasteiger partial charge in [-0.15, -0.1) is 0 Å². The summed E-state index contributed by atoms with van der Waals surface area (Å²) in [7, 11) is 0. The van der Waals surface area contributed by atoms with Gasteiger partial charge in [0.1, 0.15) is 0 Å². The van der Waals surface area contributed by atoms with Crippen LogP contribution >= 0.6 is 0 Å². The van der Waals surface area contributed by atoms with E-state index in [4.69, 9.17) is 4.74 Å². The van der Waals surface area contributed by atoms with Crippen LogP contribution in [0.1, 0.15) is 39.5 Å². The molecule has 1 saturated carbocycles. The van der Waals surface area contributed by atoms with Gasteiger partial charge < -0.3 is 15.4 Å². The Morgan fingerprint density at radius 2 is 2.06 bits per heavy atom. The van der Waals surface area contributed by atoms with Crippen molar-refractivity contribution in [1.82, 2.24) is 10.6 Å². The molecule has 0 aromatic carbocycles. The molecule has 2 rings (SSSR count). The summed E-state index contributed by atoms with van der Waals surface area (Å²) in [4.78, 5) is 12.2. The van der Waals surface area contributed by atoms with Crippen LogP contribution < -0.4 is 10.6 Å². The van der Waals surface area contributed by atoms with Gasteiger partial charge in [-0.3, -0.25) is 4.79 Å². The molecule has 104 valence electrons. The summed E-state index contributed by atoms with van der Waals surface area (Å²) in [6, 6.07) is 0.637. The Morgan fingerprint density at radius 1 is 1.22 bits per heavy atom. The highest BCUT2D eigenvalue weighted by molar-refractivity contribution is 5.80. The van der Waals surface area contributed by atoms with Crippen LogP contribution in [0, 0.1) is 11.8 Å². The average Bonchev–Trinajstić information content (AvgIpc) is 2.92. The molecule has 2 N–H and O–H groups in total. The van der Waals surface area contributed by atoms with Crippen LogP contribution in [-0.4, -0.2) is 37.7 Å². The second kappa shape index (κ2) is 6.53. The zero-order valence-corrected chi connectivity index (χ0v) is 11.6. The van der Waals surface area contributed by atoms with Crippen molar-refractivity contribution in [2.75, 3.05) is 19.8 Å². The van der Waals surface area contributed by atoms with E-state index in [0.717, 1.165) is 18.9 Å². The first-order valence-corrected chi connectivity index (χ1v) is 7.37. The second-order valence-corrected chi connectivity index (χ2v) is 5.60. The molecule has 4 heteroatoms. The molecule has 1 aliphatic heterocycles. The van der Waals surface area contributed by atoms with Gasteiger partial charge in [0.2, 0.25) is 5.91 Å². The quantitative estimate of drug-likeness (QED) is 0.720. The molecule has 0 radical (unpaired) electrons. The van der Waals surface area contributed by atoms with Crippen LogP contribution in [-0.2, 0) is 9.53 Å². The van der Waals surface area contributed by atoms with Gasteiger partial charge in [-0.2, -0.15) is 0 Å². The molecule has 0 aromatic heterocycles. The zero-order valence-electron chi connectivity index (χ0n) is 11.6. The van der Waals surface area contributed by atoms with Gasteiger partial charge in [0.25, 0.3) is 0 Å². The van der Waals surface area contributed by atoms with Gasteiger partial charge in [0.05, 0.1) is 19.1 Å². The van der Waals surface area contributed by atoms with E-state index in [-0.39, 0.29) is 17.9 Å². The zero-order chi connectivity index (χ0) is 13.0. The Morgan fingerprint density at radius 3 is 2.78 bits per heavy atom. The molecule has 1 heterocycles. The van der Waals surface area contributed by atoms with Crippen LogP contribution in [0.5, 0.6) is 0 Å². The van der Waals surface area contributed by atoms with Crippen molar-refractivity contribution in [3.8, 4) is 0 Å². The van der Waals surface area contributed by atoms with Gasteiger partial charge in [-0.1, -0.05) is 20.3 Å². The van der Waals surface area contributed by atoms with Crippen molar-refractivity contribution in [3.63, 3.8) is 0 Å². The van der Waals surface area contributed by atoms with E-state index in [1.807, 2.05) is 0 Å². The molecule has 18 heavy (non-hydrogen) atoms. The number of hydrogen-bond donors (Lipinski definition) is 2. The van der Waals surface area contributed by atoms with Crippen molar-refractivity contribution in [3.05, 3.63) is 0 Å². The molecule has 0 bridgehead atoms. The summed E-state index contributed by atoms with van der Waals surface area (Å²) in [6.07, 6.45) is 4.71. The lowest BCUT2D eigenvalue weighted by Gasteiger charge is -2.18. The van der Waals surface area contributed by atoms with Crippen molar-refractivity contribution in [1.29, 1.82) is 0 Å². The molecule has 4 unspecified atom stereocenters. The van der Waals surface area contributed by atoms with Crippen molar-refractivity contribution in [2.24, 2.45) is 11.8 Å². The van der Waals surface area contributed by atoms with Gasteiger partial charge in [-0.05, 0) is 31.7 Å². The number of nitrogens with one attached hydrogen (secondary N) is 2. The highest BCUT2D eigenvalue weighted by Gasteiger charge is 2.41. The van der Waals surface area contributed by atoms with Gasteiger partial charge in [0, 0.05) is 12.1 Å². The molecule has 4 atom stereocenters. The van der Waals surface area contributed by atoms with Crippen molar-refractivity contribution >= 4 is 5.91 Å². The van der Waals surface area contributed by atoms with Gasteiger partial charge in [-0.25, -0.2) is 0 Å². The lowest BCUT2D eigenvalue weighted by atomic mass is 10.0. The smallest absolute Gasteiger partial charge is 0.227 e. The second-order valence-electron chi connectivity index (χ2n) is 5.60. The van der Waals surface area contributed by atoms with E-state index in [9.17, 15) is 4.79 Å². The largest absolute Gasteiger partial charge is 0.379 e. The third-order valence-electron chi connectivity index (χ3n) is 3.98. The topological polar surface area (TPSA) is 50.4 Å². The minimum absolute atomic E-state index is 0.000531. The first kappa shape index (κ1) is 13.8. The molecule has 0 aromatic rings. The third kappa shape index (κ3) is 3.45. The normalized spacial score (nSPS) is 34.6. The molecule has 2 aliphatic rings. The van der Waals surface area contributed by atoms with Crippen LogP contribution in [0.3, 0.4) is 0 Å². The standard InChI is InChI=1S/C14H26N2O2/c1-3-5-10-7-12(10)16-14(17)11-8-18-9-13(11)15-6-4-2/h10-13,15H,3-9H2,1-2H3,(H,16,17). The molecular weight excluding hydrogens is 228 g/mol. The van der Waals surface area contributed by atoms with E-state index in [1.165, 1.54) is 19.3 Å². The minimum Gasteiger partial charge on any atom is -0.379 e. The predicted molar refractivity (Wildman–Crippen MR) is 71.3 cm³/mol. The minimum atomic E-state index is -0.000531. The maximum absolute atomic E-state index is 12.2. The van der Waals surface area contributed by atoms with E-state index in [2.05, 4.69) is 24.5 Å². The summed E-state index contributed by atoms with van der Waals surface area (Å²) in [5, 5.41) is 6.58. The van der Waals surface area contributed by atoms with Crippen LogP contribution in [0.4, 0.5) is 0 Å². The fraction of sp³-hybridized carbons (Fsp3) is 0.929. The fourth-order valence-corrected chi connectivity index (χ4v) is 2.75. The highest BCUT2D eigenvalue weighted by Crippen LogP contribution is 2.34.